The first-order valence-corrected chi connectivity index (χ1v) is 13.5. The van der Waals surface area contributed by atoms with Crippen LogP contribution in [-0.4, -0.2) is 46.6 Å². The van der Waals surface area contributed by atoms with Gasteiger partial charge >= 0.3 is 5.97 Å². The molecule has 10 nitrogen and oxygen atoms in total. The molecule has 40 heavy (non-hydrogen) atoms. The van der Waals surface area contributed by atoms with Gasteiger partial charge in [-0.25, -0.2) is 10.9 Å². The molecule has 0 bridgehead atoms. The normalized spacial score (nSPS) is 17.4. The van der Waals surface area contributed by atoms with E-state index >= 15 is 0 Å². The van der Waals surface area contributed by atoms with Crippen LogP contribution in [0.3, 0.4) is 0 Å². The van der Waals surface area contributed by atoms with Crippen molar-refractivity contribution in [2.24, 2.45) is 5.10 Å². The van der Waals surface area contributed by atoms with Gasteiger partial charge in [0.1, 0.15) is 6.10 Å². The molecule has 1 atom stereocenters. The molecule has 0 aromatic heterocycles. The maximum Gasteiger partial charge on any atom is 0.306 e. The van der Waals surface area contributed by atoms with Gasteiger partial charge in [0.05, 0.1) is 12.8 Å². The molecule has 0 saturated heterocycles. The van der Waals surface area contributed by atoms with Crippen LogP contribution in [0.15, 0.2) is 71.9 Å². The molecule has 1 heterocycles. The Kier molecular flexibility index (Phi) is 12.6. The van der Waals surface area contributed by atoms with Crippen molar-refractivity contribution < 1.29 is 29.1 Å². The maximum absolute atomic E-state index is 13.2. The van der Waals surface area contributed by atoms with Gasteiger partial charge in [0, 0.05) is 32.2 Å². The maximum atomic E-state index is 13.2. The molecule has 1 aliphatic rings. The lowest BCUT2D eigenvalue weighted by Crippen LogP contribution is -2.35. The van der Waals surface area contributed by atoms with E-state index in [1.54, 1.807) is 10.4 Å². The van der Waals surface area contributed by atoms with Crippen LogP contribution < -0.4 is 10.9 Å². The first kappa shape index (κ1) is 30.2. The van der Waals surface area contributed by atoms with Gasteiger partial charge in [-0.2, -0.15) is 5.10 Å². The molecule has 0 fully saturated rings. The lowest BCUT2D eigenvalue weighted by atomic mass is 10.1. The molecule has 2 aromatic carbocycles. The molecule has 0 unspecified atom stereocenters. The first-order chi connectivity index (χ1) is 19.4. The highest BCUT2D eigenvalue weighted by molar-refractivity contribution is 5.82. The summed E-state index contributed by atoms with van der Waals surface area (Å²) in [5, 5.41) is 12.5. The quantitative estimate of drug-likeness (QED) is 0.103. The van der Waals surface area contributed by atoms with E-state index in [9.17, 15) is 19.2 Å². The van der Waals surface area contributed by atoms with Crippen molar-refractivity contribution in [1.82, 2.24) is 15.8 Å². The van der Waals surface area contributed by atoms with E-state index < -0.39 is 12.0 Å². The van der Waals surface area contributed by atoms with E-state index in [0.29, 0.717) is 38.6 Å². The second-order valence-electron chi connectivity index (χ2n) is 9.49. The Labute approximate surface area is 234 Å². The number of nitrogens with zero attached hydrogens (tertiary/aromatic N) is 2. The van der Waals surface area contributed by atoms with Crippen molar-refractivity contribution in [2.45, 2.75) is 64.0 Å². The summed E-state index contributed by atoms with van der Waals surface area (Å²) in [5.41, 5.74) is 6.47. The molecule has 3 rings (SSSR count). The number of carbonyl (C=O) groups is 4. The number of amides is 3. The standard InChI is InChI=1S/C30H36N4O6/c35-27(15-8-9-16-28(36)33-39)32-31-20-23-11-10-12-24(19-23)21-34-22-26(25-13-4-3-5-14-25)40-30(38)18-7-2-1-6-17-29(34)37/h1-5,10-14,19-20,26,39H,6-9,15-18,21-22H2,(H,32,35)(H,33,36)/b2-1+,31-20+/t26-/m1/s1. The van der Waals surface area contributed by atoms with Gasteiger partial charge in [-0.1, -0.05) is 60.7 Å². The van der Waals surface area contributed by atoms with E-state index in [0.717, 1.165) is 16.7 Å². The molecule has 0 spiro atoms. The number of nitrogens with one attached hydrogen (secondary N) is 2. The van der Waals surface area contributed by atoms with Crippen molar-refractivity contribution in [3.8, 4) is 0 Å². The number of hydrogen-bond acceptors (Lipinski definition) is 7. The molecule has 3 N–H and O–H groups in total. The Morgan fingerprint density at radius 2 is 1.70 bits per heavy atom. The van der Waals surface area contributed by atoms with Gasteiger partial charge in [-0.3, -0.25) is 24.4 Å². The molecular formula is C30H36N4O6. The number of hydroxylamine groups is 1. The molecule has 10 heteroatoms. The van der Waals surface area contributed by atoms with Crippen LogP contribution in [-0.2, 0) is 30.5 Å². The Hall–Kier alpha value is -4.31. The van der Waals surface area contributed by atoms with Gasteiger partial charge < -0.3 is 9.64 Å². The fourth-order valence-electron chi connectivity index (χ4n) is 4.21. The zero-order valence-electron chi connectivity index (χ0n) is 22.5. The van der Waals surface area contributed by atoms with Crippen molar-refractivity contribution >= 4 is 29.9 Å². The number of esters is 1. The highest BCUT2D eigenvalue weighted by Crippen LogP contribution is 2.22. The van der Waals surface area contributed by atoms with Crippen LogP contribution in [0.4, 0.5) is 0 Å². The second kappa shape index (κ2) is 16.6. The number of hydrogen-bond donors (Lipinski definition) is 3. The lowest BCUT2D eigenvalue weighted by molar-refractivity contribution is -0.152. The second-order valence-corrected chi connectivity index (χ2v) is 9.49. The number of allylic oxidation sites excluding steroid dienone is 2. The molecule has 212 valence electrons. The average molecular weight is 549 g/mol. The summed E-state index contributed by atoms with van der Waals surface area (Å²) < 4.78 is 5.82. The largest absolute Gasteiger partial charge is 0.456 e. The summed E-state index contributed by atoms with van der Waals surface area (Å²) >= 11 is 0. The minimum Gasteiger partial charge on any atom is -0.456 e. The fourth-order valence-corrected chi connectivity index (χ4v) is 4.21. The predicted octanol–water partition coefficient (Wildman–Crippen LogP) is 3.95. The summed E-state index contributed by atoms with van der Waals surface area (Å²) in [5.74, 6) is -1.11. The monoisotopic (exact) mass is 548 g/mol. The Morgan fingerprint density at radius 1 is 0.975 bits per heavy atom. The Morgan fingerprint density at radius 3 is 2.45 bits per heavy atom. The van der Waals surface area contributed by atoms with Crippen molar-refractivity contribution in [3.63, 3.8) is 0 Å². The number of hydrazone groups is 1. The van der Waals surface area contributed by atoms with E-state index in [-0.39, 0.29) is 43.6 Å². The van der Waals surface area contributed by atoms with Gasteiger partial charge in [0.2, 0.25) is 17.7 Å². The average Bonchev–Trinajstić information content (AvgIpc) is 2.96. The number of ether oxygens (including phenoxy) is 1. The molecule has 0 radical (unpaired) electrons. The van der Waals surface area contributed by atoms with E-state index in [2.05, 4.69) is 10.5 Å². The molecule has 1 aliphatic heterocycles. The summed E-state index contributed by atoms with van der Waals surface area (Å²) in [6.45, 7) is 0.547. The van der Waals surface area contributed by atoms with Crippen molar-refractivity contribution in [2.75, 3.05) is 6.54 Å². The molecule has 3 amide bonds. The smallest absolute Gasteiger partial charge is 0.306 e. The van der Waals surface area contributed by atoms with Gasteiger partial charge in [0.15, 0.2) is 0 Å². The number of carbonyl (C=O) groups excluding carboxylic acids is 4. The minimum atomic E-state index is -0.584. The minimum absolute atomic E-state index is 0.0370. The predicted molar refractivity (Wildman–Crippen MR) is 149 cm³/mol. The molecular weight excluding hydrogens is 512 g/mol. The van der Waals surface area contributed by atoms with Crippen LogP contribution in [0.1, 0.15) is 74.2 Å². The number of unbranched alkanes of at least 4 members (excludes halogenated alkanes) is 1. The first-order valence-electron chi connectivity index (χ1n) is 13.5. The molecule has 0 saturated carbocycles. The highest BCUT2D eigenvalue weighted by atomic mass is 16.5. The third-order valence-corrected chi connectivity index (χ3v) is 6.30. The fraction of sp³-hybridized carbons (Fsp3) is 0.367. The number of rotatable bonds is 10. The van der Waals surface area contributed by atoms with Crippen LogP contribution in [0.5, 0.6) is 0 Å². The van der Waals surface area contributed by atoms with Crippen molar-refractivity contribution in [1.29, 1.82) is 0 Å². The third-order valence-electron chi connectivity index (χ3n) is 6.30. The SMILES string of the molecule is O=C(CCCCC(=O)N/N=C/c1cccc(CN2C[C@H](c3ccccc3)OC(=O)CC/C=C/CCC2=O)c1)NO. The Bertz CT molecular complexity index is 1200. The van der Waals surface area contributed by atoms with Crippen LogP contribution in [0.2, 0.25) is 0 Å². The van der Waals surface area contributed by atoms with E-state index in [1.807, 2.05) is 66.7 Å². The third kappa shape index (κ3) is 10.8. The highest BCUT2D eigenvalue weighted by Gasteiger charge is 2.24. The number of benzene rings is 2. The summed E-state index contributed by atoms with van der Waals surface area (Å²) in [6, 6.07) is 16.9. The van der Waals surface area contributed by atoms with Crippen molar-refractivity contribution in [3.05, 3.63) is 83.4 Å². The zero-order chi connectivity index (χ0) is 28.6. The Balaban J connectivity index is 1.66. The van der Waals surface area contributed by atoms with Crippen LogP contribution in [0.25, 0.3) is 0 Å². The van der Waals surface area contributed by atoms with Crippen LogP contribution in [0, 0.1) is 0 Å². The molecule has 2 aromatic rings. The lowest BCUT2D eigenvalue weighted by Gasteiger charge is -2.28. The van der Waals surface area contributed by atoms with Gasteiger partial charge in [-0.05, 0) is 48.4 Å². The summed E-state index contributed by atoms with van der Waals surface area (Å²) in [6.07, 6.45) is 7.91. The topological polar surface area (TPSA) is 137 Å². The van der Waals surface area contributed by atoms with E-state index in [1.165, 1.54) is 6.21 Å². The van der Waals surface area contributed by atoms with E-state index in [4.69, 9.17) is 9.94 Å². The van der Waals surface area contributed by atoms with Crippen LogP contribution >= 0.6 is 0 Å². The number of cyclic esters (lactones) is 1. The summed E-state index contributed by atoms with van der Waals surface area (Å²) in [7, 11) is 0. The zero-order valence-corrected chi connectivity index (χ0v) is 22.5. The molecule has 0 aliphatic carbocycles. The summed E-state index contributed by atoms with van der Waals surface area (Å²) in [4.78, 5) is 50.4. The van der Waals surface area contributed by atoms with Gasteiger partial charge in [-0.15, -0.1) is 0 Å². The van der Waals surface area contributed by atoms with Gasteiger partial charge in [0.25, 0.3) is 0 Å².